The van der Waals surface area contributed by atoms with E-state index >= 15 is 0 Å². The number of aryl methyl sites for hydroxylation is 1. The smallest absolute Gasteiger partial charge is 0.0654 e. The van der Waals surface area contributed by atoms with Gasteiger partial charge in [0.2, 0.25) is 0 Å². The first-order valence-corrected chi connectivity index (χ1v) is 11.5. The molecule has 0 heterocycles. The Labute approximate surface area is 168 Å². The largest absolute Gasteiger partial charge is 0.170 e. The maximum atomic E-state index is 2.38. The Morgan fingerprint density at radius 2 is 1.15 bits per heavy atom. The molecule has 0 fully saturated rings. The van der Waals surface area contributed by atoms with Crippen LogP contribution in [0.3, 0.4) is 0 Å². The van der Waals surface area contributed by atoms with Crippen LogP contribution in [-0.2, 0) is 23.7 Å². The lowest BCUT2D eigenvalue weighted by Gasteiger charge is -2.15. The summed E-state index contributed by atoms with van der Waals surface area (Å²) in [7, 11) is -0.0455. The highest BCUT2D eigenvalue weighted by Crippen LogP contribution is 2.35. The first-order valence-electron chi connectivity index (χ1n) is 10.3. The van der Waals surface area contributed by atoms with Crippen LogP contribution in [0.15, 0.2) is 93.5 Å². The van der Waals surface area contributed by atoms with E-state index in [1.807, 2.05) is 0 Å². The molecule has 0 spiro atoms. The quantitative estimate of drug-likeness (QED) is 0.340. The molecule has 0 aliphatic heterocycles. The van der Waals surface area contributed by atoms with E-state index in [0.29, 0.717) is 0 Å². The van der Waals surface area contributed by atoms with Crippen LogP contribution in [0.4, 0.5) is 0 Å². The number of hydrogen-bond acceptors (Lipinski definition) is 0. The van der Waals surface area contributed by atoms with Crippen molar-refractivity contribution < 1.29 is 0 Å². The van der Waals surface area contributed by atoms with Crippen molar-refractivity contribution in [1.29, 1.82) is 0 Å². The van der Waals surface area contributed by atoms with Crippen molar-refractivity contribution in [3.05, 3.63) is 90.0 Å². The monoisotopic (exact) mass is 375 g/mol. The lowest BCUT2D eigenvalue weighted by Crippen LogP contribution is -2.10. The second-order valence-electron chi connectivity index (χ2n) is 7.03. The van der Waals surface area contributed by atoms with Crippen LogP contribution < -0.4 is 0 Å². The molecule has 0 atom stereocenters. The van der Waals surface area contributed by atoms with E-state index in [2.05, 4.69) is 92.7 Å². The summed E-state index contributed by atoms with van der Waals surface area (Å²) in [5.41, 5.74) is 3.16. The summed E-state index contributed by atoms with van der Waals surface area (Å²) in [6.07, 6.45) is 7.41. The lowest BCUT2D eigenvalue weighted by molar-refractivity contribution is 0.748. The Morgan fingerprint density at radius 3 is 1.70 bits per heavy atom. The van der Waals surface area contributed by atoms with Crippen LogP contribution in [0.25, 0.3) is 0 Å². The molecular weight excluding hydrogens is 344 g/mol. The minimum absolute atomic E-state index is 0.0455. The van der Waals surface area contributed by atoms with E-state index in [0.717, 1.165) is 0 Å². The maximum absolute atomic E-state index is 2.38. The topological polar surface area (TPSA) is 0 Å². The highest BCUT2D eigenvalue weighted by Gasteiger charge is 2.31. The molecule has 3 aromatic rings. The zero-order valence-electron chi connectivity index (χ0n) is 16.7. The molecule has 140 valence electrons. The SMILES string of the molecule is CCCCc1cccc([S+](c2ccccc2)c2ccccc2)c1CCCC. The van der Waals surface area contributed by atoms with Crippen LogP contribution in [0, 0.1) is 0 Å². The Hall–Kier alpha value is -1.99. The van der Waals surface area contributed by atoms with Gasteiger partial charge in [-0.1, -0.05) is 75.2 Å². The highest BCUT2D eigenvalue weighted by molar-refractivity contribution is 7.97. The fourth-order valence-corrected chi connectivity index (χ4v) is 5.88. The van der Waals surface area contributed by atoms with Crippen LogP contribution in [0.1, 0.15) is 50.7 Å². The van der Waals surface area contributed by atoms with E-state index in [1.165, 1.54) is 53.2 Å². The summed E-state index contributed by atoms with van der Waals surface area (Å²) in [4.78, 5) is 4.35. The molecule has 0 amide bonds. The van der Waals surface area contributed by atoms with Gasteiger partial charge in [-0.2, -0.15) is 0 Å². The zero-order chi connectivity index (χ0) is 18.9. The Bertz CT molecular complexity index is 769. The van der Waals surface area contributed by atoms with Crippen LogP contribution in [-0.4, -0.2) is 0 Å². The molecule has 0 saturated heterocycles. The molecule has 0 N–H and O–H groups in total. The summed E-state index contributed by atoms with van der Waals surface area (Å²) >= 11 is 0. The standard InChI is InChI=1S/C26H31S/c1-3-5-14-22-15-13-21-26(25(22)20-6-4-2)27(23-16-9-7-10-17-23)24-18-11-8-12-19-24/h7-13,15-19,21H,3-6,14,20H2,1-2H3/q+1. The van der Waals surface area contributed by atoms with Crippen molar-refractivity contribution in [2.75, 3.05) is 0 Å². The summed E-state index contributed by atoms with van der Waals surface area (Å²) in [5.74, 6) is 0. The molecule has 0 aliphatic rings. The predicted octanol–water partition coefficient (Wildman–Crippen LogP) is 7.47. The molecule has 0 aliphatic carbocycles. The third-order valence-corrected chi connectivity index (χ3v) is 7.30. The van der Waals surface area contributed by atoms with Gasteiger partial charge in [-0.25, -0.2) is 0 Å². The van der Waals surface area contributed by atoms with Gasteiger partial charge in [-0.15, -0.1) is 0 Å². The molecule has 3 rings (SSSR count). The van der Waals surface area contributed by atoms with Crippen molar-refractivity contribution in [1.82, 2.24) is 0 Å². The predicted molar refractivity (Wildman–Crippen MR) is 119 cm³/mol. The fourth-order valence-electron chi connectivity index (χ4n) is 3.54. The molecule has 0 nitrogen and oxygen atoms in total. The van der Waals surface area contributed by atoms with Gasteiger partial charge in [-0.05, 0) is 61.6 Å². The normalized spacial score (nSPS) is 11.1. The van der Waals surface area contributed by atoms with Crippen molar-refractivity contribution in [2.24, 2.45) is 0 Å². The first-order chi connectivity index (χ1) is 13.3. The maximum Gasteiger partial charge on any atom is 0.170 e. The van der Waals surface area contributed by atoms with Gasteiger partial charge in [0, 0.05) is 5.56 Å². The van der Waals surface area contributed by atoms with Gasteiger partial charge in [-0.3, -0.25) is 0 Å². The molecule has 0 radical (unpaired) electrons. The number of rotatable bonds is 9. The van der Waals surface area contributed by atoms with Gasteiger partial charge < -0.3 is 0 Å². The molecule has 0 saturated carbocycles. The van der Waals surface area contributed by atoms with Crippen molar-refractivity contribution in [2.45, 2.75) is 67.1 Å². The van der Waals surface area contributed by atoms with Gasteiger partial charge >= 0.3 is 0 Å². The molecular formula is C26H31S+. The number of benzene rings is 3. The minimum Gasteiger partial charge on any atom is -0.0654 e. The third kappa shape index (κ3) is 5.05. The van der Waals surface area contributed by atoms with E-state index < -0.39 is 0 Å². The van der Waals surface area contributed by atoms with E-state index in [-0.39, 0.29) is 10.9 Å². The average molecular weight is 376 g/mol. The highest BCUT2D eigenvalue weighted by atomic mass is 32.2. The second kappa shape index (κ2) is 10.4. The number of hydrogen-bond donors (Lipinski definition) is 0. The number of unbranched alkanes of at least 4 members (excludes halogenated alkanes) is 2. The molecule has 27 heavy (non-hydrogen) atoms. The second-order valence-corrected chi connectivity index (χ2v) is 9.03. The van der Waals surface area contributed by atoms with E-state index in [4.69, 9.17) is 0 Å². The van der Waals surface area contributed by atoms with Crippen LogP contribution in [0.2, 0.25) is 0 Å². The van der Waals surface area contributed by atoms with Crippen LogP contribution in [0.5, 0.6) is 0 Å². The van der Waals surface area contributed by atoms with Crippen molar-refractivity contribution in [3.8, 4) is 0 Å². The summed E-state index contributed by atoms with van der Waals surface area (Å²) in [5, 5.41) is 0. The van der Waals surface area contributed by atoms with Crippen molar-refractivity contribution in [3.63, 3.8) is 0 Å². The van der Waals surface area contributed by atoms with Crippen LogP contribution >= 0.6 is 0 Å². The van der Waals surface area contributed by atoms with E-state index in [1.54, 1.807) is 11.1 Å². The molecule has 1 heteroatoms. The van der Waals surface area contributed by atoms with Crippen molar-refractivity contribution >= 4 is 10.9 Å². The molecule has 0 bridgehead atoms. The molecule has 0 aromatic heterocycles. The Morgan fingerprint density at radius 1 is 0.593 bits per heavy atom. The van der Waals surface area contributed by atoms with Gasteiger partial charge in [0.1, 0.15) is 0 Å². The zero-order valence-corrected chi connectivity index (χ0v) is 17.5. The average Bonchev–Trinajstić information content (AvgIpc) is 2.73. The fraction of sp³-hybridized carbons (Fsp3) is 0.308. The third-order valence-electron chi connectivity index (χ3n) is 4.99. The summed E-state index contributed by atoms with van der Waals surface area (Å²) in [6, 6.07) is 29.1. The molecule has 3 aromatic carbocycles. The summed E-state index contributed by atoms with van der Waals surface area (Å²) < 4.78 is 0. The van der Waals surface area contributed by atoms with E-state index in [9.17, 15) is 0 Å². The van der Waals surface area contributed by atoms with Gasteiger partial charge in [0.15, 0.2) is 14.7 Å². The summed E-state index contributed by atoms with van der Waals surface area (Å²) in [6.45, 7) is 4.58. The Balaban J connectivity index is 2.13. The first kappa shape index (κ1) is 19.8. The Kier molecular flexibility index (Phi) is 7.59. The molecule has 0 unspecified atom stereocenters. The van der Waals surface area contributed by atoms with Gasteiger partial charge in [0.25, 0.3) is 0 Å². The minimum atomic E-state index is -0.0455. The lowest BCUT2D eigenvalue weighted by atomic mass is 9.98. The van der Waals surface area contributed by atoms with Gasteiger partial charge in [0.05, 0.1) is 10.9 Å².